The first kappa shape index (κ1) is 20.6. The van der Waals surface area contributed by atoms with E-state index in [1.807, 2.05) is 39.0 Å². The Balaban J connectivity index is 1.66. The lowest BCUT2D eigenvalue weighted by Crippen LogP contribution is -2.50. The monoisotopic (exact) mass is 401 g/mol. The van der Waals surface area contributed by atoms with Crippen LogP contribution in [0.3, 0.4) is 0 Å². The molecular formula is C20H27N5O4. The van der Waals surface area contributed by atoms with Crippen molar-refractivity contribution in [2.75, 3.05) is 38.2 Å². The molecule has 1 saturated heterocycles. The van der Waals surface area contributed by atoms with Gasteiger partial charge in [-0.15, -0.1) is 5.10 Å². The van der Waals surface area contributed by atoms with Crippen LogP contribution in [0, 0.1) is 0 Å². The maximum atomic E-state index is 12.3. The van der Waals surface area contributed by atoms with Gasteiger partial charge < -0.3 is 19.3 Å². The lowest BCUT2D eigenvalue weighted by molar-refractivity contribution is 0.0240. The number of carbonyl (C=O) groups excluding carboxylic acids is 2. The standard InChI is InChI=1S/C20H27N5O4/c1-20(2,3)29-19(27)24-11-9-23(10-12-24)17-8-6-5-7-15(17)13-25-14-16(21-22-25)18(26)28-4/h5-8,14H,9-13H2,1-4H3. The minimum absolute atomic E-state index is 0.177. The van der Waals surface area contributed by atoms with Crippen LogP contribution >= 0.6 is 0 Å². The molecule has 1 aromatic carbocycles. The normalized spacial score (nSPS) is 14.6. The lowest BCUT2D eigenvalue weighted by atomic mass is 10.1. The Bertz CT molecular complexity index is 866. The molecule has 0 saturated carbocycles. The van der Waals surface area contributed by atoms with Crippen molar-refractivity contribution < 1.29 is 19.1 Å². The number of hydrogen-bond donors (Lipinski definition) is 0. The van der Waals surface area contributed by atoms with Crippen LogP contribution in [0.15, 0.2) is 30.5 Å². The number of nitrogens with zero attached hydrogens (tertiary/aromatic N) is 5. The Morgan fingerprint density at radius 3 is 2.45 bits per heavy atom. The molecule has 2 aromatic rings. The number of benzene rings is 1. The van der Waals surface area contributed by atoms with Gasteiger partial charge in [0.05, 0.1) is 19.9 Å². The van der Waals surface area contributed by atoms with Crippen LogP contribution in [0.4, 0.5) is 10.5 Å². The molecule has 1 aliphatic heterocycles. The van der Waals surface area contributed by atoms with Crippen LogP contribution in [0.2, 0.25) is 0 Å². The molecular weight excluding hydrogens is 374 g/mol. The van der Waals surface area contributed by atoms with Crippen molar-refractivity contribution in [1.82, 2.24) is 19.9 Å². The maximum absolute atomic E-state index is 12.3. The van der Waals surface area contributed by atoms with Crippen LogP contribution in [0.1, 0.15) is 36.8 Å². The third kappa shape index (κ3) is 5.24. The maximum Gasteiger partial charge on any atom is 0.410 e. The van der Waals surface area contributed by atoms with Crippen molar-refractivity contribution in [1.29, 1.82) is 0 Å². The molecule has 9 nitrogen and oxygen atoms in total. The number of anilines is 1. The summed E-state index contributed by atoms with van der Waals surface area (Å²) >= 11 is 0. The van der Waals surface area contributed by atoms with Gasteiger partial charge >= 0.3 is 12.1 Å². The molecule has 156 valence electrons. The highest BCUT2D eigenvalue weighted by Gasteiger charge is 2.26. The van der Waals surface area contributed by atoms with Gasteiger partial charge in [0, 0.05) is 31.9 Å². The van der Waals surface area contributed by atoms with E-state index in [1.165, 1.54) is 7.11 Å². The van der Waals surface area contributed by atoms with E-state index >= 15 is 0 Å². The summed E-state index contributed by atoms with van der Waals surface area (Å²) in [5, 5.41) is 7.86. The fourth-order valence-corrected chi connectivity index (χ4v) is 3.16. The van der Waals surface area contributed by atoms with Crippen molar-refractivity contribution in [2.45, 2.75) is 32.9 Å². The summed E-state index contributed by atoms with van der Waals surface area (Å²) in [6, 6.07) is 8.03. The van der Waals surface area contributed by atoms with E-state index in [-0.39, 0.29) is 11.8 Å². The summed E-state index contributed by atoms with van der Waals surface area (Å²) in [5.41, 5.74) is 1.81. The van der Waals surface area contributed by atoms with Crippen molar-refractivity contribution in [3.63, 3.8) is 0 Å². The zero-order chi connectivity index (χ0) is 21.0. The number of hydrogen-bond acceptors (Lipinski definition) is 7. The second kappa shape index (κ2) is 8.50. The van der Waals surface area contributed by atoms with E-state index in [0.717, 1.165) is 11.3 Å². The molecule has 3 rings (SSSR count). The molecule has 0 aliphatic carbocycles. The van der Waals surface area contributed by atoms with E-state index < -0.39 is 11.6 Å². The Labute approximate surface area is 170 Å². The van der Waals surface area contributed by atoms with Crippen LogP contribution in [0.5, 0.6) is 0 Å². The minimum Gasteiger partial charge on any atom is -0.464 e. The van der Waals surface area contributed by atoms with Crippen molar-refractivity contribution in [3.8, 4) is 0 Å². The van der Waals surface area contributed by atoms with Crippen molar-refractivity contribution >= 4 is 17.7 Å². The predicted molar refractivity (Wildman–Crippen MR) is 107 cm³/mol. The number of esters is 1. The molecule has 0 N–H and O–H groups in total. The summed E-state index contributed by atoms with van der Waals surface area (Å²) < 4.78 is 11.7. The Morgan fingerprint density at radius 2 is 1.79 bits per heavy atom. The molecule has 0 spiro atoms. The van der Waals surface area contributed by atoms with Crippen molar-refractivity contribution in [2.24, 2.45) is 0 Å². The number of aromatic nitrogens is 3. The van der Waals surface area contributed by atoms with E-state index in [2.05, 4.69) is 26.0 Å². The third-order valence-electron chi connectivity index (χ3n) is 4.53. The van der Waals surface area contributed by atoms with Gasteiger partial charge in [-0.2, -0.15) is 0 Å². The quantitative estimate of drug-likeness (QED) is 0.725. The van der Waals surface area contributed by atoms with Crippen LogP contribution in [0.25, 0.3) is 0 Å². The van der Waals surface area contributed by atoms with Gasteiger partial charge in [0.15, 0.2) is 5.69 Å². The third-order valence-corrected chi connectivity index (χ3v) is 4.53. The second-order valence-corrected chi connectivity index (χ2v) is 7.88. The highest BCUT2D eigenvalue weighted by Crippen LogP contribution is 2.23. The number of amides is 1. The average molecular weight is 401 g/mol. The summed E-state index contributed by atoms with van der Waals surface area (Å²) in [4.78, 5) is 27.8. The molecule has 1 amide bonds. The largest absolute Gasteiger partial charge is 0.464 e. The van der Waals surface area contributed by atoms with E-state index in [0.29, 0.717) is 32.7 Å². The molecule has 0 unspecified atom stereocenters. The summed E-state index contributed by atoms with van der Waals surface area (Å²) in [6.45, 7) is 8.69. The minimum atomic E-state index is -0.511. The smallest absolute Gasteiger partial charge is 0.410 e. The summed E-state index contributed by atoms with van der Waals surface area (Å²) in [5.74, 6) is -0.511. The zero-order valence-electron chi connectivity index (χ0n) is 17.3. The van der Waals surface area contributed by atoms with Gasteiger partial charge in [-0.3, -0.25) is 0 Å². The van der Waals surface area contributed by atoms with Crippen molar-refractivity contribution in [3.05, 3.63) is 41.7 Å². The van der Waals surface area contributed by atoms with Gasteiger partial charge in [0.2, 0.25) is 0 Å². The first-order valence-corrected chi connectivity index (χ1v) is 9.56. The molecule has 0 radical (unpaired) electrons. The van der Waals surface area contributed by atoms with E-state index in [1.54, 1.807) is 15.8 Å². The van der Waals surface area contributed by atoms with Gasteiger partial charge in [-0.05, 0) is 32.4 Å². The highest BCUT2D eigenvalue weighted by atomic mass is 16.6. The molecule has 1 aliphatic rings. The van der Waals surface area contributed by atoms with Gasteiger partial charge in [-0.1, -0.05) is 23.4 Å². The molecule has 1 aromatic heterocycles. The van der Waals surface area contributed by atoms with Gasteiger partial charge in [-0.25, -0.2) is 14.3 Å². The summed E-state index contributed by atoms with van der Waals surface area (Å²) in [6.07, 6.45) is 1.30. The molecule has 9 heteroatoms. The number of methoxy groups -OCH3 is 1. The number of piperazine rings is 1. The molecule has 29 heavy (non-hydrogen) atoms. The number of carbonyl (C=O) groups is 2. The van der Waals surface area contributed by atoms with Crippen LogP contribution in [-0.4, -0.2) is 70.8 Å². The first-order chi connectivity index (χ1) is 13.8. The topological polar surface area (TPSA) is 89.8 Å². The molecule has 0 atom stereocenters. The van der Waals surface area contributed by atoms with E-state index in [9.17, 15) is 9.59 Å². The Hall–Kier alpha value is -3.10. The average Bonchev–Trinajstić information content (AvgIpc) is 3.15. The summed E-state index contributed by atoms with van der Waals surface area (Å²) in [7, 11) is 1.31. The number of rotatable bonds is 4. The first-order valence-electron chi connectivity index (χ1n) is 9.56. The highest BCUT2D eigenvalue weighted by molar-refractivity contribution is 5.86. The fraction of sp³-hybridized carbons (Fsp3) is 0.500. The van der Waals surface area contributed by atoms with Crippen LogP contribution in [-0.2, 0) is 16.0 Å². The lowest BCUT2D eigenvalue weighted by Gasteiger charge is -2.37. The molecule has 0 bridgehead atoms. The van der Waals surface area contributed by atoms with E-state index in [4.69, 9.17) is 4.74 Å². The number of para-hydroxylation sites is 1. The van der Waals surface area contributed by atoms with Gasteiger partial charge in [0.1, 0.15) is 5.60 Å². The Kier molecular flexibility index (Phi) is 6.05. The fourth-order valence-electron chi connectivity index (χ4n) is 3.16. The molecule has 2 heterocycles. The van der Waals surface area contributed by atoms with Crippen LogP contribution < -0.4 is 4.90 Å². The van der Waals surface area contributed by atoms with Gasteiger partial charge in [0.25, 0.3) is 0 Å². The molecule has 1 fully saturated rings. The zero-order valence-corrected chi connectivity index (χ0v) is 17.3. The SMILES string of the molecule is COC(=O)c1cn(Cc2ccccc2N2CCN(C(=O)OC(C)(C)C)CC2)nn1. The Morgan fingerprint density at radius 1 is 1.10 bits per heavy atom. The number of ether oxygens (including phenoxy) is 2. The second-order valence-electron chi connectivity index (χ2n) is 7.88. The predicted octanol–water partition coefficient (Wildman–Crippen LogP) is 2.17.